The molecule has 0 radical (unpaired) electrons. The SMILES string of the molecule is CCCCCCCCCOc1ccc(C(=O)OCCN(CCOC(=O)c2ccc(OCCCCCCCCC)cc2)CCOC(=O)c2ccc(OCCCCCCCCC)cc2)cc1. The van der Waals surface area contributed by atoms with Crippen molar-refractivity contribution in [1.82, 2.24) is 4.90 Å². The molecule has 64 heavy (non-hydrogen) atoms. The monoisotopic (exact) mass is 888 g/mol. The van der Waals surface area contributed by atoms with Crippen LogP contribution in [0.3, 0.4) is 0 Å². The van der Waals surface area contributed by atoms with Crippen molar-refractivity contribution in [2.24, 2.45) is 0 Å². The first-order valence-corrected chi connectivity index (χ1v) is 24.9. The number of unbranched alkanes of at least 4 members (excludes halogenated alkanes) is 18. The molecule has 0 amide bonds. The van der Waals surface area contributed by atoms with E-state index in [1.54, 1.807) is 72.8 Å². The van der Waals surface area contributed by atoms with Crippen LogP contribution in [0.25, 0.3) is 0 Å². The van der Waals surface area contributed by atoms with Crippen LogP contribution in [-0.4, -0.2) is 82.1 Å². The summed E-state index contributed by atoms with van der Waals surface area (Å²) in [6, 6.07) is 21.0. The molecular weight excluding hydrogens is 807 g/mol. The van der Waals surface area contributed by atoms with Gasteiger partial charge in [0.1, 0.15) is 37.1 Å². The predicted octanol–water partition coefficient (Wildman–Crippen LogP) is 13.2. The number of rotatable bonds is 39. The smallest absolute Gasteiger partial charge is 0.338 e. The normalized spacial score (nSPS) is 11.1. The number of carbonyl (C=O) groups is 3. The molecule has 0 unspecified atom stereocenters. The van der Waals surface area contributed by atoms with E-state index >= 15 is 0 Å². The zero-order valence-corrected chi connectivity index (χ0v) is 39.8. The van der Waals surface area contributed by atoms with Gasteiger partial charge in [0.15, 0.2) is 0 Å². The Balaban J connectivity index is 1.44. The van der Waals surface area contributed by atoms with Crippen LogP contribution in [0, 0.1) is 0 Å². The summed E-state index contributed by atoms with van der Waals surface area (Å²) in [7, 11) is 0. The van der Waals surface area contributed by atoms with Crippen LogP contribution in [0.15, 0.2) is 72.8 Å². The van der Waals surface area contributed by atoms with Crippen LogP contribution in [-0.2, 0) is 14.2 Å². The maximum atomic E-state index is 12.9. The largest absolute Gasteiger partial charge is 0.494 e. The second kappa shape index (κ2) is 35.7. The Morgan fingerprint density at radius 2 is 0.562 bits per heavy atom. The Morgan fingerprint density at radius 3 is 0.812 bits per heavy atom. The Morgan fingerprint density at radius 1 is 0.328 bits per heavy atom. The molecule has 0 saturated carbocycles. The third-order valence-electron chi connectivity index (χ3n) is 11.2. The lowest BCUT2D eigenvalue weighted by Gasteiger charge is -2.22. The Hall–Kier alpha value is -4.57. The number of carbonyl (C=O) groups excluding carboxylic acids is 3. The minimum absolute atomic E-state index is 0.0951. The number of hydrogen-bond acceptors (Lipinski definition) is 10. The van der Waals surface area contributed by atoms with Gasteiger partial charge in [0.25, 0.3) is 0 Å². The fraction of sp³-hybridized carbons (Fsp3) is 0.611. The van der Waals surface area contributed by atoms with Crippen LogP contribution in [0.1, 0.15) is 187 Å². The van der Waals surface area contributed by atoms with E-state index in [0.29, 0.717) is 56.1 Å². The highest BCUT2D eigenvalue weighted by molar-refractivity contribution is 5.90. The average Bonchev–Trinajstić information content (AvgIpc) is 3.31. The van der Waals surface area contributed by atoms with Crippen LogP contribution in [0.5, 0.6) is 17.2 Å². The van der Waals surface area contributed by atoms with E-state index in [-0.39, 0.29) is 19.8 Å². The molecule has 0 fully saturated rings. The van der Waals surface area contributed by atoms with Gasteiger partial charge in [-0.15, -0.1) is 0 Å². The van der Waals surface area contributed by atoms with Crippen LogP contribution < -0.4 is 14.2 Å². The molecule has 3 aromatic rings. The molecule has 3 aromatic carbocycles. The molecule has 0 aliphatic heterocycles. The minimum atomic E-state index is -0.443. The van der Waals surface area contributed by atoms with Crippen molar-refractivity contribution in [2.45, 2.75) is 156 Å². The van der Waals surface area contributed by atoms with E-state index in [4.69, 9.17) is 28.4 Å². The van der Waals surface area contributed by atoms with Crippen molar-refractivity contribution in [1.29, 1.82) is 0 Å². The molecule has 3 rings (SSSR count). The topological polar surface area (TPSA) is 110 Å². The van der Waals surface area contributed by atoms with Crippen LogP contribution in [0.2, 0.25) is 0 Å². The molecule has 0 aromatic heterocycles. The van der Waals surface area contributed by atoms with E-state index in [1.807, 2.05) is 4.90 Å². The summed E-state index contributed by atoms with van der Waals surface area (Å²) < 4.78 is 34.5. The van der Waals surface area contributed by atoms with Gasteiger partial charge in [-0.05, 0) is 92.1 Å². The second-order valence-corrected chi connectivity index (χ2v) is 16.7. The first-order chi connectivity index (χ1) is 31.4. The minimum Gasteiger partial charge on any atom is -0.494 e. The predicted molar refractivity (Wildman–Crippen MR) is 257 cm³/mol. The van der Waals surface area contributed by atoms with Gasteiger partial charge in [-0.25, -0.2) is 14.4 Å². The fourth-order valence-corrected chi connectivity index (χ4v) is 7.20. The van der Waals surface area contributed by atoms with Gasteiger partial charge in [0, 0.05) is 19.6 Å². The van der Waals surface area contributed by atoms with E-state index in [1.165, 1.54) is 96.3 Å². The molecular formula is C54H81NO9. The van der Waals surface area contributed by atoms with E-state index in [9.17, 15) is 14.4 Å². The molecule has 0 bridgehead atoms. The first-order valence-electron chi connectivity index (χ1n) is 24.9. The molecule has 0 aliphatic carbocycles. The summed E-state index contributed by atoms with van der Waals surface area (Å²) in [6.07, 6.45) is 25.6. The molecule has 0 N–H and O–H groups in total. The van der Waals surface area contributed by atoms with Crippen molar-refractivity contribution in [3.05, 3.63) is 89.5 Å². The highest BCUT2D eigenvalue weighted by Gasteiger charge is 2.14. The lowest BCUT2D eigenvalue weighted by Crippen LogP contribution is -2.35. The summed E-state index contributed by atoms with van der Waals surface area (Å²) in [5, 5.41) is 0. The molecule has 10 heteroatoms. The first kappa shape index (κ1) is 53.8. The summed E-state index contributed by atoms with van der Waals surface area (Å²) >= 11 is 0. The van der Waals surface area contributed by atoms with Gasteiger partial charge in [-0.1, -0.05) is 136 Å². The quantitative estimate of drug-likeness (QED) is 0.0312. The maximum Gasteiger partial charge on any atom is 0.338 e. The Bertz CT molecular complexity index is 1430. The molecule has 0 saturated heterocycles. The number of nitrogens with zero attached hydrogens (tertiary/aromatic N) is 1. The summed E-state index contributed by atoms with van der Waals surface area (Å²) in [4.78, 5) is 40.8. The van der Waals surface area contributed by atoms with Crippen molar-refractivity contribution >= 4 is 17.9 Å². The molecule has 0 atom stereocenters. The molecule has 0 aliphatic rings. The van der Waals surface area contributed by atoms with Crippen molar-refractivity contribution in [3.63, 3.8) is 0 Å². The maximum absolute atomic E-state index is 12.9. The number of hydrogen-bond donors (Lipinski definition) is 0. The summed E-state index contributed by atoms with van der Waals surface area (Å²) in [5.41, 5.74) is 1.29. The molecule has 356 valence electrons. The van der Waals surface area contributed by atoms with Gasteiger partial charge >= 0.3 is 17.9 Å². The van der Waals surface area contributed by atoms with E-state index < -0.39 is 17.9 Å². The van der Waals surface area contributed by atoms with Crippen LogP contribution >= 0.6 is 0 Å². The van der Waals surface area contributed by atoms with Gasteiger partial charge < -0.3 is 28.4 Å². The van der Waals surface area contributed by atoms with Crippen molar-refractivity contribution < 1.29 is 42.8 Å². The number of ether oxygens (including phenoxy) is 6. The van der Waals surface area contributed by atoms with E-state index in [2.05, 4.69) is 20.8 Å². The summed E-state index contributed by atoms with van der Waals surface area (Å²) in [6.45, 7) is 9.95. The molecule has 0 heterocycles. The third kappa shape index (κ3) is 25.1. The highest BCUT2D eigenvalue weighted by Crippen LogP contribution is 2.18. The highest BCUT2D eigenvalue weighted by atomic mass is 16.5. The van der Waals surface area contributed by atoms with Gasteiger partial charge in [0.2, 0.25) is 0 Å². The standard InChI is InChI=1S/C54H81NO9/c1-4-7-10-13-16-19-22-40-59-49-31-25-46(26-32-49)52(56)62-43-37-55(38-44-63-53(57)47-27-33-50(34-28-47)60-41-23-20-17-14-11-8-5-2)39-45-64-54(58)48-29-35-51(36-30-48)61-42-24-21-18-15-12-9-6-3/h25-36H,4-24,37-45H2,1-3H3. The number of esters is 3. The third-order valence-corrected chi connectivity index (χ3v) is 11.2. The van der Waals surface area contributed by atoms with E-state index in [0.717, 1.165) is 55.8 Å². The second-order valence-electron chi connectivity index (χ2n) is 16.7. The Labute approximate surface area is 386 Å². The van der Waals surface area contributed by atoms with Gasteiger partial charge in [-0.3, -0.25) is 4.90 Å². The lowest BCUT2D eigenvalue weighted by molar-refractivity contribution is 0.0331. The van der Waals surface area contributed by atoms with Crippen molar-refractivity contribution in [2.75, 3.05) is 59.3 Å². The average molecular weight is 888 g/mol. The number of benzene rings is 3. The fourth-order valence-electron chi connectivity index (χ4n) is 7.20. The zero-order valence-electron chi connectivity index (χ0n) is 39.8. The lowest BCUT2D eigenvalue weighted by atomic mass is 10.1. The Kier molecular flexibility index (Phi) is 30.0. The zero-order chi connectivity index (χ0) is 45.7. The van der Waals surface area contributed by atoms with Crippen LogP contribution in [0.4, 0.5) is 0 Å². The molecule has 0 spiro atoms. The van der Waals surface area contributed by atoms with Crippen molar-refractivity contribution in [3.8, 4) is 17.2 Å². The molecule has 10 nitrogen and oxygen atoms in total. The van der Waals surface area contributed by atoms with Gasteiger partial charge in [-0.2, -0.15) is 0 Å². The van der Waals surface area contributed by atoms with Gasteiger partial charge in [0.05, 0.1) is 36.5 Å². The summed E-state index contributed by atoms with van der Waals surface area (Å²) in [5.74, 6) is 0.847.